The van der Waals surface area contributed by atoms with E-state index in [1.165, 1.54) is 0 Å². The molecule has 6 heteroatoms. The van der Waals surface area contributed by atoms with E-state index in [1.807, 2.05) is 0 Å². The molecule has 0 aromatic rings. The molecule has 2 rings (SSSR count). The average Bonchev–Trinajstić information content (AvgIpc) is 2.64. The SMILES string of the molecule is O=C1NCCC(O)C1C(=O)NC1(Cl)CCCC1. The van der Waals surface area contributed by atoms with Crippen molar-refractivity contribution in [2.45, 2.75) is 43.2 Å². The van der Waals surface area contributed by atoms with Crippen molar-refractivity contribution in [3.8, 4) is 0 Å². The molecular formula is C11H17ClN2O3. The van der Waals surface area contributed by atoms with Crippen LogP contribution in [-0.4, -0.2) is 34.6 Å². The molecule has 0 radical (unpaired) electrons. The largest absolute Gasteiger partial charge is 0.392 e. The number of carbonyl (C=O) groups excluding carboxylic acids is 2. The Bertz CT molecular complexity index is 329. The number of rotatable bonds is 2. The first-order valence-corrected chi connectivity index (χ1v) is 6.36. The minimum Gasteiger partial charge on any atom is -0.392 e. The smallest absolute Gasteiger partial charge is 0.236 e. The molecule has 2 unspecified atom stereocenters. The van der Waals surface area contributed by atoms with Crippen LogP contribution in [0, 0.1) is 5.92 Å². The third kappa shape index (κ3) is 2.72. The van der Waals surface area contributed by atoms with E-state index in [2.05, 4.69) is 10.6 Å². The van der Waals surface area contributed by atoms with Gasteiger partial charge in [-0.05, 0) is 32.1 Å². The van der Waals surface area contributed by atoms with Crippen molar-refractivity contribution in [3.05, 3.63) is 0 Å². The minimum atomic E-state index is -1.03. The van der Waals surface area contributed by atoms with Gasteiger partial charge in [-0.15, -0.1) is 0 Å². The number of alkyl halides is 1. The number of piperidine rings is 1. The van der Waals surface area contributed by atoms with E-state index >= 15 is 0 Å². The first-order valence-electron chi connectivity index (χ1n) is 5.99. The number of carbonyl (C=O) groups is 2. The number of hydrogen-bond donors (Lipinski definition) is 3. The Kier molecular flexibility index (Phi) is 3.58. The molecule has 3 N–H and O–H groups in total. The van der Waals surface area contributed by atoms with Gasteiger partial charge in [-0.25, -0.2) is 0 Å². The molecule has 5 nitrogen and oxygen atoms in total. The lowest BCUT2D eigenvalue weighted by atomic mass is 9.94. The van der Waals surface area contributed by atoms with Crippen molar-refractivity contribution in [1.29, 1.82) is 0 Å². The topological polar surface area (TPSA) is 78.4 Å². The van der Waals surface area contributed by atoms with E-state index in [4.69, 9.17) is 11.6 Å². The number of amides is 2. The van der Waals surface area contributed by atoms with Gasteiger partial charge in [0.05, 0.1) is 6.10 Å². The molecule has 2 aliphatic rings. The Morgan fingerprint density at radius 1 is 1.47 bits per heavy atom. The Morgan fingerprint density at radius 2 is 2.12 bits per heavy atom. The molecule has 0 bridgehead atoms. The molecule has 1 aliphatic carbocycles. The van der Waals surface area contributed by atoms with Gasteiger partial charge in [0.25, 0.3) is 0 Å². The van der Waals surface area contributed by atoms with Crippen molar-refractivity contribution in [3.63, 3.8) is 0 Å². The third-order valence-electron chi connectivity index (χ3n) is 3.43. The van der Waals surface area contributed by atoms with Crippen molar-refractivity contribution in [2.24, 2.45) is 5.92 Å². The van der Waals surface area contributed by atoms with E-state index in [0.717, 1.165) is 12.8 Å². The maximum Gasteiger partial charge on any atom is 0.236 e. The summed E-state index contributed by atoms with van der Waals surface area (Å²) in [5.74, 6) is -1.91. The summed E-state index contributed by atoms with van der Waals surface area (Å²) in [6, 6.07) is 0. The van der Waals surface area contributed by atoms with Crippen LogP contribution in [0.2, 0.25) is 0 Å². The van der Waals surface area contributed by atoms with Gasteiger partial charge in [0.15, 0.2) is 0 Å². The Balaban J connectivity index is 2.01. The second kappa shape index (κ2) is 4.82. The first-order chi connectivity index (χ1) is 8.02. The zero-order valence-corrected chi connectivity index (χ0v) is 10.3. The van der Waals surface area contributed by atoms with E-state index in [-0.39, 0.29) is 0 Å². The molecule has 17 heavy (non-hydrogen) atoms. The molecular weight excluding hydrogens is 244 g/mol. The van der Waals surface area contributed by atoms with Gasteiger partial charge in [0.2, 0.25) is 11.8 Å². The molecule has 0 aromatic heterocycles. The van der Waals surface area contributed by atoms with Gasteiger partial charge in [-0.3, -0.25) is 9.59 Å². The molecule has 96 valence electrons. The second-order valence-corrected chi connectivity index (χ2v) is 5.51. The van der Waals surface area contributed by atoms with Gasteiger partial charge in [0.1, 0.15) is 10.9 Å². The Labute approximate surface area is 105 Å². The molecule has 0 spiro atoms. The fraction of sp³-hybridized carbons (Fsp3) is 0.818. The molecule has 1 heterocycles. The molecule has 0 aromatic carbocycles. The molecule has 1 saturated heterocycles. The molecule has 2 amide bonds. The number of nitrogens with one attached hydrogen (secondary N) is 2. The zero-order chi connectivity index (χ0) is 12.5. The summed E-state index contributed by atoms with van der Waals surface area (Å²) in [6.07, 6.45) is 2.87. The summed E-state index contributed by atoms with van der Waals surface area (Å²) < 4.78 is 0. The van der Waals surface area contributed by atoms with Crippen LogP contribution < -0.4 is 10.6 Å². The van der Waals surface area contributed by atoms with Gasteiger partial charge >= 0.3 is 0 Å². The van der Waals surface area contributed by atoms with Crippen LogP contribution in [0.25, 0.3) is 0 Å². The number of hydrogen-bond acceptors (Lipinski definition) is 3. The number of aliphatic hydroxyl groups is 1. The molecule has 2 atom stereocenters. The molecule has 1 aliphatic heterocycles. The summed E-state index contributed by atoms with van der Waals surface area (Å²) in [6.45, 7) is 0.412. The first kappa shape index (κ1) is 12.6. The average molecular weight is 261 g/mol. The molecule has 2 fully saturated rings. The zero-order valence-electron chi connectivity index (χ0n) is 9.54. The van der Waals surface area contributed by atoms with Crippen molar-refractivity contribution >= 4 is 23.4 Å². The predicted molar refractivity (Wildman–Crippen MR) is 62.3 cm³/mol. The van der Waals surface area contributed by atoms with Crippen LogP contribution in [-0.2, 0) is 9.59 Å². The second-order valence-electron chi connectivity index (χ2n) is 4.79. The predicted octanol–water partition coefficient (Wildman–Crippen LogP) is 0.109. The lowest BCUT2D eigenvalue weighted by molar-refractivity contribution is -0.143. The maximum atomic E-state index is 12.0. The van der Waals surface area contributed by atoms with E-state index < -0.39 is 28.8 Å². The highest BCUT2D eigenvalue weighted by atomic mass is 35.5. The van der Waals surface area contributed by atoms with Gasteiger partial charge in [-0.1, -0.05) is 11.6 Å². The van der Waals surface area contributed by atoms with E-state index in [0.29, 0.717) is 25.8 Å². The van der Waals surface area contributed by atoms with Crippen LogP contribution >= 0.6 is 11.6 Å². The van der Waals surface area contributed by atoms with E-state index in [1.54, 1.807) is 0 Å². The summed E-state index contributed by atoms with van der Waals surface area (Å²) in [5.41, 5.74) is 0. The van der Waals surface area contributed by atoms with Gasteiger partial charge in [0, 0.05) is 6.54 Å². The normalized spacial score (nSPS) is 32.0. The van der Waals surface area contributed by atoms with Crippen LogP contribution in [0.15, 0.2) is 0 Å². The fourth-order valence-corrected chi connectivity index (χ4v) is 2.81. The lowest BCUT2D eigenvalue weighted by Gasteiger charge is -2.30. The Morgan fingerprint density at radius 3 is 2.71 bits per heavy atom. The van der Waals surface area contributed by atoms with Crippen molar-refractivity contribution in [2.75, 3.05) is 6.54 Å². The molecule has 1 saturated carbocycles. The maximum absolute atomic E-state index is 12.0. The number of halogens is 1. The van der Waals surface area contributed by atoms with Gasteiger partial charge in [-0.2, -0.15) is 0 Å². The number of aliphatic hydroxyl groups excluding tert-OH is 1. The lowest BCUT2D eigenvalue weighted by Crippen LogP contribution is -2.55. The van der Waals surface area contributed by atoms with Crippen LogP contribution in [0.3, 0.4) is 0 Å². The van der Waals surface area contributed by atoms with E-state index in [9.17, 15) is 14.7 Å². The highest BCUT2D eigenvalue weighted by molar-refractivity contribution is 6.25. The summed E-state index contributed by atoms with van der Waals surface area (Å²) >= 11 is 6.23. The van der Waals surface area contributed by atoms with Crippen LogP contribution in [0.4, 0.5) is 0 Å². The Hall–Kier alpha value is -0.810. The third-order valence-corrected chi connectivity index (χ3v) is 3.90. The highest BCUT2D eigenvalue weighted by Gasteiger charge is 2.41. The summed E-state index contributed by atoms with van der Waals surface area (Å²) in [5, 5.41) is 15.0. The van der Waals surface area contributed by atoms with Crippen LogP contribution in [0.5, 0.6) is 0 Å². The van der Waals surface area contributed by atoms with Gasteiger partial charge < -0.3 is 15.7 Å². The minimum absolute atomic E-state index is 0.402. The monoisotopic (exact) mass is 260 g/mol. The standard InChI is InChI=1S/C11H17ClN2O3/c12-11(4-1-2-5-11)14-10(17)8-7(15)3-6-13-9(8)16/h7-8,15H,1-6H2,(H,13,16)(H,14,17). The summed E-state index contributed by atoms with van der Waals surface area (Å²) in [4.78, 5) is 22.8. The van der Waals surface area contributed by atoms with Crippen molar-refractivity contribution < 1.29 is 14.7 Å². The fourth-order valence-electron chi connectivity index (χ4n) is 2.45. The summed E-state index contributed by atoms with van der Waals surface area (Å²) in [7, 11) is 0. The van der Waals surface area contributed by atoms with Crippen LogP contribution in [0.1, 0.15) is 32.1 Å². The quantitative estimate of drug-likeness (QED) is 0.375. The highest BCUT2D eigenvalue weighted by Crippen LogP contribution is 2.33. The van der Waals surface area contributed by atoms with Crippen molar-refractivity contribution in [1.82, 2.24) is 10.6 Å².